The van der Waals surface area contributed by atoms with Gasteiger partial charge in [-0.25, -0.2) is 0 Å². The quantitative estimate of drug-likeness (QED) is 0.725. The monoisotopic (exact) mass is 325 g/mol. The molecule has 2 nitrogen and oxygen atoms in total. The van der Waals surface area contributed by atoms with Crippen LogP contribution in [0.2, 0.25) is 5.02 Å². The second kappa shape index (κ2) is 5.30. The van der Waals surface area contributed by atoms with Crippen LogP contribution >= 0.6 is 35.6 Å². The van der Waals surface area contributed by atoms with Crippen LogP contribution in [0, 0.1) is 0 Å². The van der Waals surface area contributed by atoms with E-state index in [1.165, 1.54) is 17.8 Å². The Morgan fingerprint density at radius 3 is 2.63 bits per heavy atom. The number of anilines is 1. The van der Waals surface area contributed by atoms with Crippen LogP contribution in [-0.4, -0.2) is 16.0 Å². The van der Waals surface area contributed by atoms with E-state index in [-0.39, 0.29) is 22.3 Å². The number of carbonyl (C=O) groups is 1. The number of carbonyl (C=O) groups excluding carboxylic acids is 1. The molecule has 0 unspecified atom stereocenters. The molecule has 0 N–H and O–H groups in total. The fourth-order valence-corrected chi connectivity index (χ4v) is 3.09. The molecule has 0 saturated carbocycles. The van der Waals surface area contributed by atoms with Crippen LogP contribution < -0.4 is 4.90 Å². The van der Waals surface area contributed by atoms with Crippen molar-refractivity contribution in [2.75, 3.05) is 10.7 Å². The molecule has 0 aromatic heterocycles. The van der Waals surface area contributed by atoms with Crippen LogP contribution in [0.5, 0.6) is 0 Å². The third kappa shape index (κ3) is 3.04. The van der Waals surface area contributed by atoms with E-state index in [1.807, 2.05) is 0 Å². The molecule has 102 valence electrons. The molecule has 19 heavy (non-hydrogen) atoms. The Hall–Kier alpha value is -0.790. The summed E-state index contributed by atoms with van der Waals surface area (Å²) in [6.45, 7) is 0. The van der Waals surface area contributed by atoms with Gasteiger partial charge in [0.05, 0.1) is 16.3 Å². The Balaban J connectivity index is 2.46. The molecule has 1 fully saturated rings. The standard InChI is InChI=1S/C11H7ClF3NOS2/c12-8-2-1-6(5-7(8)11(13,14)15)16-9(17)3-4-19-10(16)18/h1-2,5H,3-4H2. The van der Waals surface area contributed by atoms with Gasteiger partial charge in [0.25, 0.3) is 0 Å². The fourth-order valence-electron chi connectivity index (χ4n) is 1.62. The predicted molar refractivity (Wildman–Crippen MR) is 73.6 cm³/mol. The molecule has 0 spiro atoms. The third-order valence-electron chi connectivity index (χ3n) is 2.49. The average molecular weight is 326 g/mol. The molecule has 8 heteroatoms. The van der Waals surface area contributed by atoms with Crippen molar-refractivity contribution in [2.45, 2.75) is 12.6 Å². The van der Waals surface area contributed by atoms with Crippen molar-refractivity contribution in [3.8, 4) is 0 Å². The van der Waals surface area contributed by atoms with Crippen molar-refractivity contribution in [3.05, 3.63) is 28.8 Å². The maximum atomic E-state index is 12.8. The van der Waals surface area contributed by atoms with Gasteiger partial charge in [-0.15, -0.1) is 0 Å². The summed E-state index contributed by atoms with van der Waals surface area (Å²) in [5.41, 5.74) is -0.878. The van der Waals surface area contributed by atoms with E-state index in [9.17, 15) is 18.0 Å². The van der Waals surface area contributed by atoms with Gasteiger partial charge < -0.3 is 0 Å². The predicted octanol–water partition coefficient (Wildman–Crippen LogP) is 4.11. The highest BCUT2D eigenvalue weighted by Gasteiger charge is 2.35. The van der Waals surface area contributed by atoms with Gasteiger partial charge in [0, 0.05) is 12.2 Å². The molecule has 1 aromatic carbocycles. The lowest BCUT2D eigenvalue weighted by Crippen LogP contribution is -2.38. The zero-order valence-electron chi connectivity index (χ0n) is 9.33. The second-order valence-corrected chi connectivity index (χ2v) is 5.89. The molecule has 1 heterocycles. The van der Waals surface area contributed by atoms with Gasteiger partial charge in [-0.2, -0.15) is 13.2 Å². The van der Waals surface area contributed by atoms with Gasteiger partial charge in [-0.3, -0.25) is 9.69 Å². The van der Waals surface area contributed by atoms with Crippen molar-refractivity contribution in [3.63, 3.8) is 0 Å². The topological polar surface area (TPSA) is 20.3 Å². The Kier molecular flexibility index (Phi) is 4.08. The Bertz CT molecular complexity index is 531. The zero-order chi connectivity index (χ0) is 14.2. The maximum absolute atomic E-state index is 12.8. The number of halogens is 4. The number of hydrogen-bond acceptors (Lipinski definition) is 3. The molecule has 0 atom stereocenters. The Labute approximate surface area is 121 Å². The van der Waals surface area contributed by atoms with E-state index in [0.717, 1.165) is 17.0 Å². The van der Waals surface area contributed by atoms with Gasteiger partial charge in [0.15, 0.2) is 0 Å². The summed E-state index contributed by atoms with van der Waals surface area (Å²) in [7, 11) is 0. The summed E-state index contributed by atoms with van der Waals surface area (Å²) in [6.07, 6.45) is -4.32. The van der Waals surface area contributed by atoms with Gasteiger partial charge in [-0.1, -0.05) is 35.6 Å². The van der Waals surface area contributed by atoms with Gasteiger partial charge in [0.1, 0.15) is 4.32 Å². The molecular formula is C11H7ClF3NOS2. The van der Waals surface area contributed by atoms with Crippen molar-refractivity contribution < 1.29 is 18.0 Å². The van der Waals surface area contributed by atoms with E-state index >= 15 is 0 Å². The Morgan fingerprint density at radius 2 is 2.05 bits per heavy atom. The zero-order valence-corrected chi connectivity index (χ0v) is 11.7. The first kappa shape index (κ1) is 14.6. The number of benzene rings is 1. The van der Waals surface area contributed by atoms with Crippen LogP contribution in [0.3, 0.4) is 0 Å². The van der Waals surface area contributed by atoms with E-state index in [1.54, 1.807) is 0 Å². The van der Waals surface area contributed by atoms with Crippen LogP contribution in [0.1, 0.15) is 12.0 Å². The average Bonchev–Trinajstić information content (AvgIpc) is 2.29. The number of amides is 1. The first-order valence-corrected chi connectivity index (χ1v) is 6.94. The van der Waals surface area contributed by atoms with Crippen LogP contribution in [0.4, 0.5) is 18.9 Å². The molecule has 0 radical (unpaired) electrons. The summed E-state index contributed by atoms with van der Waals surface area (Å²) in [5, 5.41) is -0.403. The number of alkyl halides is 3. The van der Waals surface area contributed by atoms with Crippen molar-refractivity contribution in [2.24, 2.45) is 0 Å². The highest BCUT2D eigenvalue weighted by atomic mass is 35.5. The third-order valence-corrected chi connectivity index (χ3v) is 4.19. The van der Waals surface area contributed by atoms with E-state index in [4.69, 9.17) is 23.8 Å². The fraction of sp³-hybridized carbons (Fsp3) is 0.273. The minimum atomic E-state index is -4.57. The lowest BCUT2D eigenvalue weighted by molar-refractivity contribution is -0.137. The first-order valence-electron chi connectivity index (χ1n) is 5.17. The minimum absolute atomic E-state index is 0.0962. The molecule has 0 aliphatic carbocycles. The molecule has 2 rings (SSSR count). The Morgan fingerprint density at radius 1 is 1.37 bits per heavy atom. The van der Waals surface area contributed by atoms with E-state index in [2.05, 4.69) is 0 Å². The van der Waals surface area contributed by atoms with Crippen molar-refractivity contribution >= 4 is 51.5 Å². The smallest absolute Gasteiger partial charge is 0.274 e. The van der Waals surface area contributed by atoms with Crippen LogP contribution in [0.15, 0.2) is 18.2 Å². The lowest BCUT2D eigenvalue weighted by atomic mass is 10.1. The molecule has 1 amide bonds. The maximum Gasteiger partial charge on any atom is 0.417 e. The molecule has 1 aliphatic heterocycles. The number of thiocarbonyl (C=S) groups is 1. The van der Waals surface area contributed by atoms with Gasteiger partial charge >= 0.3 is 6.18 Å². The number of thioether (sulfide) groups is 1. The van der Waals surface area contributed by atoms with Crippen molar-refractivity contribution in [1.82, 2.24) is 0 Å². The summed E-state index contributed by atoms with van der Waals surface area (Å²) in [4.78, 5) is 12.9. The lowest BCUT2D eigenvalue weighted by Gasteiger charge is -2.27. The van der Waals surface area contributed by atoms with Crippen molar-refractivity contribution in [1.29, 1.82) is 0 Å². The minimum Gasteiger partial charge on any atom is -0.274 e. The number of rotatable bonds is 1. The van der Waals surface area contributed by atoms with E-state index < -0.39 is 16.8 Å². The molecule has 1 aliphatic rings. The SMILES string of the molecule is O=C1CCSC(=S)N1c1ccc(Cl)c(C(F)(F)F)c1. The first-order chi connectivity index (χ1) is 8.80. The second-order valence-electron chi connectivity index (χ2n) is 3.76. The highest BCUT2D eigenvalue weighted by molar-refractivity contribution is 8.23. The number of hydrogen-bond donors (Lipinski definition) is 0. The molecule has 1 aromatic rings. The molecule has 1 saturated heterocycles. The number of nitrogens with zero attached hydrogens (tertiary/aromatic N) is 1. The van der Waals surface area contributed by atoms with Crippen LogP contribution in [0.25, 0.3) is 0 Å². The highest BCUT2D eigenvalue weighted by Crippen LogP contribution is 2.38. The normalized spacial score (nSPS) is 16.9. The van der Waals surface area contributed by atoms with Gasteiger partial charge in [0.2, 0.25) is 5.91 Å². The summed E-state index contributed by atoms with van der Waals surface area (Å²) in [5.74, 6) is 0.243. The summed E-state index contributed by atoms with van der Waals surface area (Å²) < 4.78 is 38.5. The molecular weight excluding hydrogens is 319 g/mol. The summed E-state index contributed by atoms with van der Waals surface area (Å²) >= 11 is 11.8. The van der Waals surface area contributed by atoms with Gasteiger partial charge in [-0.05, 0) is 18.2 Å². The summed E-state index contributed by atoms with van der Waals surface area (Å²) in [6, 6.07) is 3.32. The molecule has 0 bridgehead atoms. The van der Waals surface area contributed by atoms with Crippen LogP contribution in [-0.2, 0) is 11.0 Å². The van der Waals surface area contributed by atoms with E-state index in [0.29, 0.717) is 5.75 Å². The largest absolute Gasteiger partial charge is 0.417 e.